The van der Waals surface area contributed by atoms with E-state index in [9.17, 15) is 4.79 Å². The SMILES string of the molecule is O=C(CSc1n[nH]c(-c2ccncc2)n1)Nc1ccc2c(c1)OCO2. The number of H-pyrrole nitrogens is 1. The van der Waals surface area contributed by atoms with Gasteiger partial charge in [0.05, 0.1) is 5.75 Å². The number of hydrogen-bond acceptors (Lipinski definition) is 7. The maximum Gasteiger partial charge on any atom is 0.234 e. The van der Waals surface area contributed by atoms with Crippen molar-refractivity contribution < 1.29 is 14.3 Å². The number of aromatic nitrogens is 4. The van der Waals surface area contributed by atoms with Crippen LogP contribution in [0.1, 0.15) is 0 Å². The van der Waals surface area contributed by atoms with Gasteiger partial charge < -0.3 is 14.8 Å². The van der Waals surface area contributed by atoms with Crippen LogP contribution in [-0.4, -0.2) is 38.6 Å². The van der Waals surface area contributed by atoms with Crippen LogP contribution in [-0.2, 0) is 4.79 Å². The van der Waals surface area contributed by atoms with Crippen LogP contribution in [0.2, 0.25) is 0 Å². The maximum atomic E-state index is 12.1. The van der Waals surface area contributed by atoms with E-state index >= 15 is 0 Å². The first-order valence-corrected chi connectivity index (χ1v) is 8.41. The van der Waals surface area contributed by atoms with Gasteiger partial charge in [0.25, 0.3) is 0 Å². The van der Waals surface area contributed by atoms with Gasteiger partial charge in [-0.05, 0) is 24.3 Å². The molecule has 3 aromatic rings. The van der Waals surface area contributed by atoms with Gasteiger partial charge in [-0.1, -0.05) is 11.8 Å². The van der Waals surface area contributed by atoms with Gasteiger partial charge in [-0.2, -0.15) is 0 Å². The molecular weight excluding hydrogens is 342 g/mol. The fourth-order valence-corrected chi connectivity index (χ4v) is 2.85. The molecule has 8 nitrogen and oxygen atoms in total. The molecule has 1 aliphatic rings. The zero-order chi connectivity index (χ0) is 17.1. The van der Waals surface area contributed by atoms with Gasteiger partial charge in [0.15, 0.2) is 17.3 Å². The number of rotatable bonds is 5. The van der Waals surface area contributed by atoms with Gasteiger partial charge in [0.2, 0.25) is 17.9 Å². The van der Waals surface area contributed by atoms with E-state index in [1.807, 2.05) is 12.1 Å². The van der Waals surface area contributed by atoms with Crippen molar-refractivity contribution in [3.05, 3.63) is 42.7 Å². The Labute approximate surface area is 147 Å². The number of fused-ring (bicyclic) bond motifs is 1. The van der Waals surface area contributed by atoms with E-state index in [0.717, 1.165) is 5.56 Å². The number of anilines is 1. The molecule has 3 heterocycles. The average Bonchev–Trinajstić information content (AvgIpc) is 3.30. The first-order valence-electron chi connectivity index (χ1n) is 7.43. The zero-order valence-corrected chi connectivity index (χ0v) is 13.7. The number of carbonyl (C=O) groups is 1. The molecule has 0 atom stereocenters. The number of aromatic amines is 1. The highest BCUT2D eigenvalue weighted by Gasteiger charge is 2.14. The van der Waals surface area contributed by atoms with E-state index in [1.54, 1.807) is 30.6 Å². The highest BCUT2D eigenvalue weighted by Crippen LogP contribution is 2.34. The van der Waals surface area contributed by atoms with Crippen molar-refractivity contribution in [2.75, 3.05) is 17.9 Å². The van der Waals surface area contributed by atoms with Crippen molar-refractivity contribution in [2.24, 2.45) is 0 Å². The van der Waals surface area contributed by atoms with Crippen molar-refractivity contribution >= 4 is 23.4 Å². The Morgan fingerprint density at radius 3 is 2.92 bits per heavy atom. The van der Waals surface area contributed by atoms with Gasteiger partial charge in [-0.3, -0.25) is 14.9 Å². The Balaban J connectivity index is 1.34. The lowest BCUT2D eigenvalue weighted by molar-refractivity contribution is -0.113. The van der Waals surface area contributed by atoms with Gasteiger partial charge in [-0.15, -0.1) is 5.10 Å². The van der Waals surface area contributed by atoms with E-state index in [-0.39, 0.29) is 18.5 Å². The Kier molecular flexibility index (Phi) is 4.21. The van der Waals surface area contributed by atoms with Gasteiger partial charge in [-0.25, -0.2) is 4.98 Å². The molecule has 2 aromatic heterocycles. The standard InChI is InChI=1S/C16H13N5O3S/c22-14(18-11-1-2-12-13(7-11)24-9-23-12)8-25-16-19-15(20-21-16)10-3-5-17-6-4-10/h1-7H,8-9H2,(H,18,22)(H,19,20,21). The summed E-state index contributed by atoms with van der Waals surface area (Å²) < 4.78 is 10.5. The molecule has 0 radical (unpaired) electrons. The Morgan fingerprint density at radius 2 is 2.04 bits per heavy atom. The largest absolute Gasteiger partial charge is 0.454 e. The number of benzene rings is 1. The van der Waals surface area contributed by atoms with Crippen LogP contribution in [0, 0.1) is 0 Å². The van der Waals surface area contributed by atoms with Crippen molar-refractivity contribution in [2.45, 2.75) is 5.16 Å². The molecule has 0 bridgehead atoms. The highest BCUT2D eigenvalue weighted by atomic mass is 32.2. The normalized spacial score (nSPS) is 12.2. The summed E-state index contributed by atoms with van der Waals surface area (Å²) in [4.78, 5) is 20.4. The van der Waals surface area contributed by atoms with Crippen molar-refractivity contribution in [1.82, 2.24) is 20.2 Å². The van der Waals surface area contributed by atoms with E-state index in [0.29, 0.717) is 28.2 Å². The molecule has 0 saturated heterocycles. The molecule has 0 spiro atoms. The fraction of sp³-hybridized carbons (Fsp3) is 0.125. The second-order valence-electron chi connectivity index (χ2n) is 5.11. The van der Waals surface area contributed by atoms with E-state index in [1.165, 1.54) is 11.8 Å². The van der Waals surface area contributed by atoms with Crippen LogP contribution in [0.3, 0.4) is 0 Å². The van der Waals surface area contributed by atoms with Crippen LogP contribution in [0.4, 0.5) is 5.69 Å². The van der Waals surface area contributed by atoms with Gasteiger partial charge in [0, 0.05) is 29.7 Å². The molecule has 2 N–H and O–H groups in total. The molecule has 1 aliphatic heterocycles. The van der Waals surface area contributed by atoms with E-state index < -0.39 is 0 Å². The molecule has 126 valence electrons. The zero-order valence-electron chi connectivity index (χ0n) is 12.9. The summed E-state index contributed by atoms with van der Waals surface area (Å²) in [6.45, 7) is 0.202. The summed E-state index contributed by atoms with van der Waals surface area (Å²) in [6, 6.07) is 8.94. The molecule has 1 amide bonds. The number of ether oxygens (including phenoxy) is 2. The average molecular weight is 355 g/mol. The second-order valence-corrected chi connectivity index (χ2v) is 6.05. The lowest BCUT2D eigenvalue weighted by Gasteiger charge is -2.05. The molecule has 9 heteroatoms. The van der Waals surface area contributed by atoms with Crippen molar-refractivity contribution in [3.63, 3.8) is 0 Å². The number of pyridine rings is 1. The number of thioether (sulfide) groups is 1. The van der Waals surface area contributed by atoms with Crippen LogP contribution in [0.5, 0.6) is 11.5 Å². The predicted octanol–water partition coefficient (Wildman–Crippen LogP) is 2.33. The Bertz CT molecular complexity index is 900. The first kappa shape index (κ1) is 15.5. The first-order chi connectivity index (χ1) is 12.3. The van der Waals surface area contributed by atoms with Gasteiger partial charge in [0.1, 0.15) is 0 Å². The number of hydrogen-bond donors (Lipinski definition) is 2. The highest BCUT2D eigenvalue weighted by molar-refractivity contribution is 7.99. The monoisotopic (exact) mass is 355 g/mol. The fourth-order valence-electron chi connectivity index (χ4n) is 2.25. The third-order valence-electron chi connectivity index (χ3n) is 3.41. The maximum absolute atomic E-state index is 12.1. The predicted molar refractivity (Wildman–Crippen MR) is 91.5 cm³/mol. The Hall–Kier alpha value is -3.07. The number of amides is 1. The molecule has 1 aromatic carbocycles. The second kappa shape index (κ2) is 6.81. The Morgan fingerprint density at radius 1 is 1.20 bits per heavy atom. The minimum absolute atomic E-state index is 0.154. The quantitative estimate of drug-likeness (QED) is 0.677. The van der Waals surface area contributed by atoms with Crippen LogP contribution >= 0.6 is 11.8 Å². The molecule has 4 rings (SSSR count). The van der Waals surface area contributed by atoms with Crippen molar-refractivity contribution in [3.8, 4) is 22.9 Å². The number of nitrogens with one attached hydrogen (secondary N) is 2. The lowest BCUT2D eigenvalue weighted by atomic mass is 10.3. The molecule has 25 heavy (non-hydrogen) atoms. The molecule has 0 aliphatic carbocycles. The lowest BCUT2D eigenvalue weighted by Crippen LogP contribution is -2.14. The third-order valence-corrected chi connectivity index (χ3v) is 4.25. The summed E-state index contributed by atoms with van der Waals surface area (Å²) in [5, 5.41) is 10.3. The summed E-state index contributed by atoms with van der Waals surface area (Å²) >= 11 is 1.25. The minimum atomic E-state index is -0.154. The van der Waals surface area contributed by atoms with E-state index in [4.69, 9.17) is 9.47 Å². The van der Waals surface area contributed by atoms with Crippen LogP contribution < -0.4 is 14.8 Å². The van der Waals surface area contributed by atoms with Crippen LogP contribution in [0.25, 0.3) is 11.4 Å². The van der Waals surface area contributed by atoms with E-state index in [2.05, 4.69) is 25.5 Å². The minimum Gasteiger partial charge on any atom is -0.454 e. The summed E-state index contributed by atoms with van der Waals surface area (Å²) in [6.07, 6.45) is 3.37. The molecule has 0 fully saturated rings. The number of carbonyl (C=O) groups excluding carboxylic acids is 1. The third kappa shape index (κ3) is 3.56. The summed E-state index contributed by atoms with van der Waals surface area (Å²) in [5.41, 5.74) is 1.54. The summed E-state index contributed by atoms with van der Waals surface area (Å²) in [5.74, 6) is 1.99. The molecular formula is C16H13N5O3S. The molecule has 0 unspecified atom stereocenters. The molecule has 0 saturated carbocycles. The van der Waals surface area contributed by atoms with Crippen molar-refractivity contribution in [1.29, 1.82) is 0 Å². The topological polar surface area (TPSA) is 102 Å². The van der Waals surface area contributed by atoms with Crippen LogP contribution in [0.15, 0.2) is 47.9 Å². The summed E-state index contributed by atoms with van der Waals surface area (Å²) in [7, 11) is 0. The van der Waals surface area contributed by atoms with Gasteiger partial charge >= 0.3 is 0 Å². The number of nitrogens with zero attached hydrogens (tertiary/aromatic N) is 3. The smallest absolute Gasteiger partial charge is 0.234 e.